The molecule has 0 amide bonds. The van der Waals surface area contributed by atoms with Gasteiger partial charge >= 0.3 is 0 Å². The summed E-state index contributed by atoms with van der Waals surface area (Å²) in [6, 6.07) is 15.0. The first-order chi connectivity index (χ1) is 11.4. The van der Waals surface area contributed by atoms with Crippen molar-refractivity contribution in [2.75, 3.05) is 17.6 Å². The van der Waals surface area contributed by atoms with Crippen LogP contribution in [0.15, 0.2) is 53.4 Å². The molecular weight excluding hydrogens is 322 g/mol. The zero-order chi connectivity index (χ0) is 17.3. The number of rotatable bonds is 3. The van der Waals surface area contributed by atoms with Crippen molar-refractivity contribution < 1.29 is 13.5 Å². The maximum atomic E-state index is 12.8. The average molecular weight is 345 g/mol. The van der Waals surface area contributed by atoms with Crippen LogP contribution >= 0.6 is 0 Å². The van der Waals surface area contributed by atoms with Crippen molar-refractivity contribution in [1.82, 2.24) is 0 Å². The summed E-state index contributed by atoms with van der Waals surface area (Å²) in [5.41, 5.74) is 2.48. The molecule has 24 heavy (non-hydrogen) atoms. The molecule has 0 bridgehead atoms. The van der Waals surface area contributed by atoms with E-state index in [4.69, 9.17) is 0 Å². The van der Waals surface area contributed by atoms with E-state index < -0.39 is 15.9 Å². The molecule has 1 aliphatic rings. The van der Waals surface area contributed by atoms with Gasteiger partial charge in [0.2, 0.25) is 0 Å². The van der Waals surface area contributed by atoms with Crippen molar-refractivity contribution in [2.45, 2.75) is 30.8 Å². The van der Waals surface area contributed by atoms with Crippen LogP contribution in [0.25, 0.3) is 0 Å². The number of nitrogens with one attached hydrogen (secondary N) is 1. The molecule has 4 nitrogen and oxygen atoms in total. The minimum atomic E-state index is -3.42. The largest absolute Gasteiger partial charge is 0.392 e. The SMILES string of the molecule is CCNc1ccc2c(c1)[C@H](c1ccccc1)C(O)[C@@H](C)CS2(=O)=O. The molecule has 128 valence electrons. The highest BCUT2D eigenvalue weighted by Crippen LogP contribution is 2.40. The summed E-state index contributed by atoms with van der Waals surface area (Å²) in [6.45, 7) is 4.55. The summed E-state index contributed by atoms with van der Waals surface area (Å²) in [4.78, 5) is 0.335. The second kappa shape index (κ2) is 6.57. The van der Waals surface area contributed by atoms with E-state index in [1.54, 1.807) is 19.1 Å². The van der Waals surface area contributed by atoms with Crippen LogP contribution in [-0.2, 0) is 9.84 Å². The lowest BCUT2D eigenvalue weighted by molar-refractivity contribution is 0.111. The lowest BCUT2D eigenvalue weighted by Crippen LogP contribution is -2.28. The van der Waals surface area contributed by atoms with E-state index in [0.717, 1.165) is 17.8 Å². The summed E-state index contributed by atoms with van der Waals surface area (Å²) in [5, 5.41) is 14.1. The van der Waals surface area contributed by atoms with Gasteiger partial charge in [0.1, 0.15) is 0 Å². The molecule has 2 aromatic carbocycles. The first kappa shape index (κ1) is 17.0. The summed E-state index contributed by atoms with van der Waals surface area (Å²) < 4.78 is 25.5. The quantitative estimate of drug-likeness (QED) is 0.897. The molecular formula is C19H23NO3S. The molecule has 0 spiro atoms. The average Bonchev–Trinajstić information content (AvgIpc) is 2.62. The van der Waals surface area contributed by atoms with E-state index in [1.165, 1.54) is 0 Å². The standard InChI is InChI=1S/C19H23NO3S/c1-3-20-15-9-10-17-16(11-15)18(14-7-5-4-6-8-14)19(21)13(2)12-24(17,22)23/h4-11,13,18-21H,3,12H2,1-2H3/t13-,18-,19?/m0/s1. The number of hydrogen-bond acceptors (Lipinski definition) is 4. The van der Waals surface area contributed by atoms with E-state index in [-0.39, 0.29) is 17.6 Å². The van der Waals surface area contributed by atoms with Gasteiger partial charge in [0.25, 0.3) is 0 Å². The predicted octanol–water partition coefficient (Wildman–Crippen LogP) is 3.03. The molecule has 1 unspecified atom stereocenters. The third-order valence-corrected chi connectivity index (χ3v) is 6.63. The minimum Gasteiger partial charge on any atom is -0.392 e. The fraction of sp³-hybridized carbons (Fsp3) is 0.368. The Morgan fingerprint density at radius 2 is 1.88 bits per heavy atom. The summed E-state index contributed by atoms with van der Waals surface area (Å²) >= 11 is 0. The molecule has 2 aromatic rings. The predicted molar refractivity (Wildman–Crippen MR) is 96.1 cm³/mol. The Kier molecular flexibility index (Phi) is 4.65. The van der Waals surface area contributed by atoms with Crippen LogP contribution in [0.3, 0.4) is 0 Å². The highest BCUT2D eigenvalue weighted by atomic mass is 32.2. The maximum Gasteiger partial charge on any atom is 0.179 e. The number of benzene rings is 2. The van der Waals surface area contributed by atoms with E-state index in [2.05, 4.69) is 5.32 Å². The minimum absolute atomic E-state index is 0.0367. The fourth-order valence-electron chi connectivity index (χ4n) is 3.47. The topological polar surface area (TPSA) is 66.4 Å². The number of aliphatic hydroxyl groups excluding tert-OH is 1. The molecule has 1 heterocycles. The van der Waals surface area contributed by atoms with Gasteiger partial charge in [-0.05, 0) is 42.2 Å². The molecule has 0 saturated carbocycles. The van der Waals surface area contributed by atoms with Crippen LogP contribution in [0, 0.1) is 5.92 Å². The molecule has 0 aliphatic carbocycles. The number of hydrogen-bond donors (Lipinski definition) is 2. The zero-order valence-corrected chi connectivity index (χ0v) is 14.8. The van der Waals surface area contributed by atoms with Gasteiger partial charge in [-0.25, -0.2) is 8.42 Å². The Morgan fingerprint density at radius 3 is 2.54 bits per heavy atom. The Hall–Kier alpha value is -1.85. The molecule has 3 atom stereocenters. The highest BCUT2D eigenvalue weighted by molar-refractivity contribution is 7.91. The van der Waals surface area contributed by atoms with Gasteiger partial charge in [-0.2, -0.15) is 0 Å². The van der Waals surface area contributed by atoms with Crippen LogP contribution in [0.5, 0.6) is 0 Å². The number of fused-ring (bicyclic) bond motifs is 1. The van der Waals surface area contributed by atoms with Crippen LogP contribution in [0.1, 0.15) is 30.9 Å². The van der Waals surface area contributed by atoms with Crippen molar-refractivity contribution >= 4 is 15.5 Å². The van der Waals surface area contributed by atoms with Crippen molar-refractivity contribution in [1.29, 1.82) is 0 Å². The second-order valence-corrected chi connectivity index (χ2v) is 8.42. The summed E-state index contributed by atoms with van der Waals surface area (Å²) in [5.74, 6) is -0.729. The van der Waals surface area contributed by atoms with E-state index in [0.29, 0.717) is 10.5 Å². The Morgan fingerprint density at radius 1 is 1.17 bits per heavy atom. The monoisotopic (exact) mass is 345 g/mol. The van der Waals surface area contributed by atoms with Crippen LogP contribution in [0.2, 0.25) is 0 Å². The normalized spacial score (nSPS) is 25.5. The molecule has 1 aliphatic heterocycles. The molecule has 0 radical (unpaired) electrons. The summed E-state index contributed by atoms with van der Waals surface area (Å²) in [6.07, 6.45) is -0.750. The van der Waals surface area contributed by atoms with Crippen molar-refractivity contribution in [2.24, 2.45) is 5.92 Å². The third-order valence-electron chi connectivity index (χ3n) is 4.63. The second-order valence-electron chi connectivity index (χ2n) is 6.42. The Labute approximate surface area is 143 Å². The van der Waals surface area contributed by atoms with Gasteiger partial charge in [0.05, 0.1) is 16.8 Å². The lowest BCUT2D eigenvalue weighted by atomic mass is 9.82. The molecule has 0 fully saturated rings. The maximum absolute atomic E-state index is 12.8. The molecule has 5 heteroatoms. The lowest BCUT2D eigenvalue weighted by Gasteiger charge is -2.26. The van der Waals surface area contributed by atoms with Gasteiger partial charge < -0.3 is 10.4 Å². The van der Waals surface area contributed by atoms with Gasteiger partial charge in [-0.1, -0.05) is 37.3 Å². The van der Waals surface area contributed by atoms with Crippen LogP contribution < -0.4 is 5.32 Å². The van der Waals surface area contributed by atoms with Gasteiger partial charge in [0.15, 0.2) is 9.84 Å². The Bertz CT molecular complexity index is 818. The van der Waals surface area contributed by atoms with Crippen molar-refractivity contribution in [3.05, 3.63) is 59.7 Å². The summed E-state index contributed by atoms with van der Waals surface area (Å²) in [7, 11) is -3.42. The first-order valence-corrected chi connectivity index (χ1v) is 9.93. The van der Waals surface area contributed by atoms with Gasteiger partial charge in [-0.15, -0.1) is 0 Å². The molecule has 3 rings (SSSR count). The number of sulfone groups is 1. The van der Waals surface area contributed by atoms with Crippen molar-refractivity contribution in [3.63, 3.8) is 0 Å². The number of aliphatic hydroxyl groups is 1. The van der Waals surface area contributed by atoms with Crippen LogP contribution in [-0.4, -0.2) is 31.9 Å². The van der Waals surface area contributed by atoms with E-state index in [9.17, 15) is 13.5 Å². The van der Waals surface area contributed by atoms with Gasteiger partial charge in [0, 0.05) is 18.2 Å². The molecule has 0 aromatic heterocycles. The van der Waals surface area contributed by atoms with E-state index >= 15 is 0 Å². The van der Waals surface area contributed by atoms with Crippen LogP contribution in [0.4, 0.5) is 5.69 Å². The Balaban J connectivity index is 2.25. The third kappa shape index (κ3) is 3.06. The zero-order valence-electron chi connectivity index (χ0n) is 13.9. The van der Waals surface area contributed by atoms with Crippen molar-refractivity contribution in [3.8, 4) is 0 Å². The molecule has 0 saturated heterocycles. The first-order valence-electron chi connectivity index (χ1n) is 8.27. The molecule has 2 N–H and O–H groups in total. The van der Waals surface area contributed by atoms with E-state index in [1.807, 2.05) is 43.3 Å². The smallest absolute Gasteiger partial charge is 0.179 e. The fourth-order valence-corrected chi connectivity index (χ4v) is 5.36. The highest BCUT2D eigenvalue weighted by Gasteiger charge is 2.38. The van der Waals surface area contributed by atoms with Gasteiger partial charge in [-0.3, -0.25) is 0 Å². The number of anilines is 1.